The molecule has 2 aromatic heterocycles. The van der Waals surface area contributed by atoms with Gasteiger partial charge < -0.3 is 9.73 Å². The van der Waals surface area contributed by atoms with Crippen LogP contribution in [0.2, 0.25) is 0 Å². The fourth-order valence-corrected chi connectivity index (χ4v) is 4.99. The van der Waals surface area contributed by atoms with Gasteiger partial charge in [-0.25, -0.2) is 0 Å². The maximum atomic E-state index is 12.8. The standard InChI is InChI=1S/C23H26N2O2S/c1-18-21(17-27-22(18)23(26)24-19-9-4-2-5-10-19)25(13-6-3-7-14-25)15-12-20-11-8-16-28-20/h2,4-5,8-11,16-17H,3,6-7,12-15H2,1H3/p+1. The van der Waals surface area contributed by atoms with Crippen molar-refractivity contribution in [3.8, 4) is 0 Å². The Labute approximate surface area is 170 Å². The molecule has 1 aliphatic heterocycles. The van der Waals surface area contributed by atoms with Gasteiger partial charge in [0.1, 0.15) is 0 Å². The highest BCUT2D eigenvalue weighted by Gasteiger charge is 2.37. The van der Waals surface area contributed by atoms with Crippen molar-refractivity contribution in [2.75, 3.05) is 25.0 Å². The molecule has 146 valence electrons. The van der Waals surface area contributed by atoms with E-state index in [2.05, 4.69) is 22.8 Å². The van der Waals surface area contributed by atoms with Crippen LogP contribution in [0.5, 0.6) is 0 Å². The molecule has 3 heterocycles. The third kappa shape index (κ3) is 3.91. The van der Waals surface area contributed by atoms with Gasteiger partial charge in [0.05, 0.1) is 25.2 Å². The van der Waals surface area contributed by atoms with E-state index in [1.54, 1.807) is 0 Å². The zero-order valence-electron chi connectivity index (χ0n) is 16.3. The minimum atomic E-state index is -0.177. The van der Waals surface area contributed by atoms with Crippen LogP contribution >= 0.6 is 11.3 Å². The average Bonchev–Trinajstić information content (AvgIpc) is 3.38. The molecular weight excluding hydrogens is 368 g/mol. The van der Waals surface area contributed by atoms with Gasteiger partial charge in [-0.3, -0.25) is 9.28 Å². The molecule has 3 aromatic rings. The average molecular weight is 396 g/mol. The van der Waals surface area contributed by atoms with Crippen LogP contribution in [0.4, 0.5) is 11.4 Å². The molecular formula is C23H27N2O2S+. The van der Waals surface area contributed by atoms with Gasteiger partial charge in [-0.05, 0) is 49.8 Å². The summed E-state index contributed by atoms with van der Waals surface area (Å²) in [5.74, 6) is 0.251. The molecule has 0 bridgehead atoms. The summed E-state index contributed by atoms with van der Waals surface area (Å²) in [6.07, 6.45) is 6.63. The van der Waals surface area contributed by atoms with Crippen LogP contribution in [-0.2, 0) is 6.42 Å². The van der Waals surface area contributed by atoms with E-state index in [1.165, 1.54) is 29.8 Å². The summed E-state index contributed by atoms with van der Waals surface area (Å²) in [5, 5.41) is 5.09. The topological polar surface area (TPSA) is 42.2 Å². The quantitative estimate of drug-likeness (QED) is 0.549. The normalized spacial score (nSPS) is 16.0. The van der Waals surface area contributed by atoms with Crippen molar-refractivity contribution in [2.45, 2.75) is 32.6 Å². The maximum absolute atomic E-state index is 12.8. The number of likely N-dealkylation sites (tertiary alicyclic amines) is 1. The Morgan fingerprint density at radius 3 is 2.61 bits per heavy atom. The van der Waals surface area contributed by atoms with Crippen LogP contribution in [0.15, 0.2) is 58.5 Å². The van der Waals surface area contributed by atoms with Crippen molar-refractivity contribution in [3.05, 3.63) is 70.3 Å². The third-order valence-electron chi connectivity index (χ3n) is 5.80. The molecule has 1 saturated heterocycles. The second kappa shape index (κ2) is 8.33. The van der Waals surface area contributed by atoms with Crippen LogP contribution in [0.25, 0.3) is 0 Å². The first-order valence-electron chi connectivity index (χ1n) is 10.0. The third-order valence-corrected chi connectivity index (χ3v) is 6.74. The summed E-state index contributed by atoms with van der Waals surface area (Å²) in [4.78, 5) is 14.2. The lowest BCUT2D eigenvalue weighted by Crippen LogP contribution is -2.54. The summed E-state index contributed by atoms with van der Waals surface area (Å²) < 4.78 is 6.74. The number of benzene rings is 1. The molecule has 0 saturated carbocycles. The molecule has 4 rings (SSSR count). The molecule has 0 radical (unpaired) electrons. The number of amides is 1. The van der Waals surface area contributed by atoms with E-state index in [0.29, 0.717) is 5.76 Å². The Bertz CT molecular complexity index is 909. The summed E-state index contributed by atoms with van der Waals surface area (Å²) in [7, 11) is 0. The van der Waals surface area contributed by atoms with Crippen LogP contribution in [0, 0.1) is 6.92 Å². The van der Waals surface area contributed by atoms with Gasteiger partial charge in [0.2, 0.25) is 5.76 Å². The first-order chi connectivity index (χ1) is 13.7. The highest BCUT2D eigenvalue weighted by molar-refractivity contribution is 7.09. The lowest BCUT2D eigenvalue weighted by Gasteiger charge is -2.40. The zero-order chi connectivity index (χ0) is 19.4. The molecule has 0 unspecified atom stereocenters. The number of thiophene rings is 1. The van der Waals surface area contributed by atoms with Crippen LogP contribution in [-0.4, -0.2) is 25.5 Å². The number of furan rings is 1. The minimum Gasteiger partial charge on any atom is -0.452 e. The number of carbonyl (C=O) groups excluding carboxylic acids is 1. The summed E-state index contributed by atoms with van der Waals surface area (Å²) in [6, 6.07) is 13.9. The molecule has 28 heavy (non-hydrogen) atoms. The molecule has 1 aromatic carbocycles. The predicted octanol–water partition coefficient (Wildman–Crippen LogP) is 5.64. The Hall–Kier alpha value is -2.37. The molecule has 0 spiro atoms. The lowest BCUT2D eigenvalue weighted by atomic mass is 10.0. The molecule has 1 fully saturated rings. The molecule has 5 heteroatoms. The van der Waals surface area contributed by atoms with E-state index >= 15 is 0 Å². The van der Waals surface area contributed by atoms with Crippen molar-refractivity contribution in [2.24, 2.45) is 0 Å². The Balaban J connectivity index is 1.58. The summed E-state index contributed by atoms with van der Waals surface area (Å²) in [5.41, 5.74) is 2.93. The highest BCUT2D eigenvalue weighted by Crippen LogP contribution is 2.35. The SMILES string of the molecule is Cc1c([N+]2(CCc3cccs3)CCCCC2)coc1C(=O)Nc1ccccc1. The van der Waals surface area contributed by atoms with Gasteiger partial charge in [0.15, 0.2) is 12.0 Å². The second-order valence-electron chi connectivity index (χ2n) is 7.60. The Morgan fingerprint density at radius 1 is 1.11 bits per heavy atom. The second-order valence-corrected chi connectivity index (χ2v) is 8.63. The van der Waals surface area contributed by atoms with Gasteiger partial charge in [0.25, 0.3) is 5.91 Å². The number of piperidine rings is 1. The van der Waals surface area contributed by atoms with E-state index in [4.69, 9.17) is 4.42 Å². The largest absolute Gasteiger partial charge is 0.452 e. The molecule has 1 aliphatic rings. The van der Waals surface area contributed by atoms with E-state index in [-0.39, 0.29) is 5.91 Å². The summed E-state index contributed by atoms with van der Waals surface area (Å²) >= 11 is 1.82. The number of quaternary nitrogens is 1. The maximum Gasteiger partial charge on any atom is 0.291 e. The Morgan fingerprint density at radius 2 is 1.89 bits per heavy atom. The number of nitrogens with one attached hydrogen (secondary N) is 1. The van der Waals surface area contributed by atoms with E-state index in [1.807, 2.05) is 54.9 Å². The van der Waals surface area contributed by atoms with Gasteiger partial charge >= 0.3 is 0 Å². The molecule has 0 atom stereocenters. The van der Waals surface area contributed by atoms with Crippen molar-refractivity contribution in [1.29, 1.82) is 0 Å². The fourth-order valence-electron chi connectivity index (χ4n) is 4.29. The minimum absolute atomic E-state index is 0.177. The van der Waals surface area contributed by atoms with E-state index < -0.39 is 0 Å². The van der Waals surface area contributed by atoms with Crippen molar-refractivity contribution < 1.29 is 9.21 Å². The zero-order valence-corrected chi connectivity index (χ0v) is 17.1. The van der Waals surface area contributed by atoms with Gasteiger partial charge in [-0.2, -0.15) is 0 Å². The van der Waals surface area contributed by atoms with E-state index in [0.717, 1.165) is 41.8 Å². The van der Waals surface area contributed by atoms with Gasteiger partial charge in [-0.15, -0.1) is 11.3 Å². The number of hydrogen-bond acceptors (Lipinski definition) is 3. The molecule has 0 aliphatic carbocycles. The van der Waals surface area contributed by atoms with Crippen LogP contribution in [0.3, 0.4) is 0 Å². The number of carbonyl (C=O) groups is 1. The van der Waals surface area contributed by atoms with Crippen molar-refractivity contribution >= 4 is 28.6 Å². The Kier molecular flexibility index (Phi) is 5.64. The first kappa shape index (κ1) is 19.0. The summed E-state index contributed by atoms with van der Waals surface area (Å²) in [6.45, 7) is 5.32. The first-order valence-corrected chi connectivity index (χ1v) is 10.9. The van der Waals surface area contributed by atoms with E-state index in [9.17, 15) is 4.79 Å². The molecule has 1 N–H and O–H groups in total. The molecule has 1 amide bonds. The number of anilines is 1. The van der Waals surface area contributed by atoms with Crippen LogP contribution < -0.4 is 9.80 Å². The van der Waals surface area contributed by atoms with Gasteiger partial charge in [-0.1, -0.05) is 24.3 Å². The van der Waals surface area contributed by atoms with Crippen molar-refractivity contribution in [3.63, 3.8) is 0 Å². The van der Waals surface area contributed by atoms with Crippen molar-refractivity contribution in [1.82, 2.24) is 4.48 Å². The number of hydrogen-bond donors (Lipinski definition) is 1. The molecule has 4 nitrogen and oxygen atoms in total. The number of rotatable bonds is 6. The smallest absolute Gasteiger partial charge is 0.291 e. The van der Waals surface area contributed by atoms with Gasteiger partial charge in [0, 0.05) is 17.0 Å². The number of para-hydroxylation sites is 1. The lowest BCUT2D eigenvalue weighted by molar-refractivity contribution is 0.0996. The fraction of sp³-hybridized carbons (Fsp3) is 0.348. The monoisotopic (exact) mass is 395 g/mol. The van der Waals surface area contributed by atoms with Crippen LogP contribution in [0.1, 0.15) is 40.3 Å². The number of nitrogens with zero attached hydrogens (tertiary/aromatic N) is 1. The highest BCUT2D eigenvalue weighted by atomic mass is 32.1. The predicted molar refractivity (Wildman–Crippen MR) is 116 cm³/mol.